The van der Waals surface area contributed by atoms with E-state index >= 15 is 0 Å². The van der Waals surface area contributed by atoms with Crippen molar-refractivity contribution in [1.29, 1.82) is 0 Å². The number of carbonyl (C=O) groups is 1. The highest BCUT2D eigenvalue weighted by atomic mass is 32.2. The lowest BCUT2D eigenvalue weighted by atomic mass is 10.6. The number of rotatable bonds is 6. The van der Waals surface area contributed by atoms with Crippen LogP contribution in [0.15, 0.2) is 0 Å². The minimum atomic E-state index is -4.17. The fourth-order valence-corrected chi connectivity index (χ4v) is 1.12. The first-order chi connectivity index (χ1) is 6.42. The molecule has 0 aromatic heterocycles. The van der Waals surface area contributed by atoms with Crippen LogP contribution in [0.4, 0.5) is 18.0 Å². The fraction of sp³-hybridized carbons (Fsp3) is 0.833. The smallest absolute Gasteiger partial charge is 0.352 e. The number of carbonyl (C=O) groups excluding carboxylic acids is 1. The van der Waals surface area contributed by atoms with Gasteiger partial charge in [-0.05, 0) is 11.8 Å². The van der Waals surface area contributed by atoms with Gasteiger partial charge in [0.05, 0.1) is 0 Å². The van der Waals surface area contributed by atoms with Crippen molar-refractivity contribution in [3.8, 4) is 0 Å². The number of alkyl halides is 3. The van der Waals surface area contributed by atoms with Crippen LogP contribution in [0, 0.1) is 0 Å². The van der Waals surface area contributed by atoms with Crippen LogP contribution in [0.1, 0.15) is 0 Å². The molecule has 0 heterocycles. The van der Waals surface area contributed by atoms with E-state index in [-0.39, 0.29) is 24.1 Å². The molecule has 0 fully saturated rings. The Bertz CT molecular complexity index is 176. The van der Waals surface area contributed by atoms with Crippen LogP contribution in [0.5, 0.6) is 0 Å². The zero-order valence-electron chi connectivity index (χ0n) is 7.36. The summed E-state index contributed by atoms with van der Waals surface area (Å²) < 4.78 is 34.8. The van der Waals surface area contributed by atoms with E-state index in [0.29, 0.717) is 13.1 Å². The van der Waals surface area contributed by atoms with Crippen molar-refractivity contribution in [2.75, 3.05) is 25.4 Å². The number of urea groups is 1. The minimum Gasteiger partial charge on any atom is -0.352 e. The number of nitrogens with two attached hydrogens (primary N) is 1. The lowest BCUT2D eigenvalue weighted by molar-refractivity contribution is -0.0327. The van der Waals surface area contributed by atoms with Crippen LogP contribution >= 0.6 is 11.8 Å². The van der Waals surface area contributed by atoms with Gasteiger partial charge in [0.2, 0.25) is 0 Å². The van der Waals surface area contributed by atoms with E-state index in [0.717, 1.165) is 0 Å². The zero-order valence-corrected chi connectivity index (χ0v) is 8.17. The highest BCUT2D eigenvalue weighted by molar-refractivity contribution is 8.00. The molecular formula is C6H12F3N3OS. The third kappa shape index (κ3) is 11.4. The minimum absolute atomic E-state index is 0.0416. The van der Waals surface area contributed by atoms with Crippen molar-refractivity contribution in [2.45, 2.75) is 5.51 Å². The molecule has 0 atom stereocenters. The third-order valence-electron chi connectivity index (χ3n) is 1.15. The molecule has 0 bridgehead atoms. The Labute approximate surface area is 83.8 Å². The van der Waals surface area contributed by atoms with Crippen LogP contribution in [-0.2, 0) is 0 Å². The first-order valence-corrected chi connectivity index (χ1v) is 4.85. The Balaban J connectivity index is 3.11. The lowest BCUT2D eigenvalue weighted by Crippen LogP contribution is -2.35. The second-order valence-corrected chi connectivity index (χ2v) is 3.50. The highest BCUT2D eigenvalue weighted by Crippen LogP contribution is 2.29. The summed E-state index contributed by atoms with van der Waals surface area (Å²) in [4.78, 5) is 10.2. The lowest BCUT2D eigenvalue weighted by Gasteiger charge is -2.06. The molecule has 0 saturated heterocycles. The van der Waals surface area contributed by atoms with Gasteiger partial charge in [-0.25, -0.2) is 4.79 Å². The molecule has 0 unspecified atom stereocenters. The van der Waals surface area contributed by atoms with E-state index in [4.69, 9.17) is 5.73 Å². The monoisotopic (exact) mass is 231 g/mol. The van der Waals surface area contributed by atoms with Crippen molar-refractivity contribution in [1.82, 2.24) is 10.6 Å². The Morgan fingerprint density at radius 2 is 1.93 bits per heavy atom. The van der Waals surface area contributed by atoms with Crippen molar-refractivity contribution in [3.63, 3.8) is 0 Å². The van der Waals surface area contributed by atoms with E-state index in [1.165, 1.54) is 0 Å². The predicted molar refractivity (Wildman–Crippen MR) is 49.0 cm³/mol. The molecule has 0 saturated carbocycles. The van der Waals surface area contributed by atoms with Gasteiger partial charge in [0.25, 0.3) is 0 Å². The Hall–Kier alpha value is -0.630. The van der Waals surface area contributed by atoms with Gasteiger partial charge in [-0.2, -0.15) is 13.2 Å². The van der Waals surface area contributed by atoms with Crippen molar-refractivity contribution < 1.29 is 18.0 Å². The average molecular weight is 231 g/mol. The van der Waals surface area contributed by atoms with Gasteiger partial charge < -0.3 is 16.4 Å². The number of hydrogen-bond acceptors (Lipinski definition) is 3. The molecule has 84 valence electrons. The molecule has 14 heavy (non-hydrogen) atoms. The summed E-state index contributed by atoms with van der Waals surface area (Å²) in [6, 6.07) is -0.642. The molecule has 0 aliphatic carbocycles. The predicted octanol–water partition coefficient (Wildman–Crippen LogP) is 0.497. The van der Waals surface area contributed by atoms with E-state index in [2.05, 4.69) is 10.6 Å². The SMILES string of the molecule is NC(=O)NCCNCCSC(F)(F)F. The number of nitrogens with one attached hydrogen (secondary N) is 2. The average Bonchev–Trinajstić information content (AvgIpc) is 2.00. The van der Waals surface area contributed by atoms with Crippen LogP contribution in [0.3, 0.4) is 0 Å². The summed E-state index contributed by atoms with van der Waals surface area (Å²) in [5, 5.41) is 5.02. The Morgan fingerprint density at radius 1 is 1.29 bits per heavy atom. The molecule has 0 aliphatic heterocycles. The second-order valence-electron chi connectivity index (χ2n) is 2.34. The van der Waals surface area contributed by atoms with Gasteiger partial charge in [-0.3, -0.25) is 0 Å². The summed E-state index contributed by atoms with van der Waals surface area (Å²) in [5.41, 5.74) is 0.586. The number of thioether (sulfide) groups is 1. The largest absolute Gasteiger partial charge is 0.441 e. The number of hydrogen-bond donors (Lipinski definition) is 3. The normalized spacial score (nSPS) is 11.4. The summed E-state index contributed by atoms with van der Waals surface area (Å²) >= 11 is -0.0766. The maximum Gasteiger partial charge on any atom is 0.441 e. The fourth-order valence-electron chi connectivity index (χ4n) is 0.638. The molecule has 0 radical (unpaired) electrons. The third-order valence-corrected chi connectivity index (χ3v) is 1.88. The Morgan fingerprint density at radius 3 is 2.43 bits per heavy atom. The summed E-state index contributed by atoms with van der Waals surface area (Å²) in [7, 11) is 0. The second kappa shape index (κ2) is 6.77. The van der Waals surface area contributed by atoms with E-state index in [1.54, 1.807) is 0 Å². The molecule has 4 N–H and O–H groups in total. The first kappa shape index (κ1) is 13.4. The zero-order chi connectivity index (χ0) is 11.0. The quantitative estimate of drug-likeness (QED) is 0.583. The van der Waals surface area contributed by atoms with Crippen LogP contribution < -0.4 is 16.4 Å². The van der Waals surface area contributed by atoms with Crippen LogP contribution in [-0.4, -0.2) is 36.9 Å². The van der Waals surface area contributed by atoms with Gasteiger partial charge >= 0.3 is 11.5 Å². The Kier molecular flexibility index (Phi) is 6.46. The molecular weight excluding hydrogens is 219 g/mol. The summed E-state index contributed by atoms with van der Waals surface area (Å²) in [6.45, 7) is 0.956. The molecule has 0 rings (SSSR count). The maximum absolute atomic E-state index is 11.6. The van der Waals surface area contributed by atoms with Crippen molar-refractivity contribution >= 4 is 17.8 Å². The number of primary amides is 1. The van der Waals surface area contributed by atoms with E-state index in [1.807, 2.05) is 0 Å². The topological polar surface area (TPSA) is 67.2 Å². The standard InChI is InChI=1S/C6H12F3N3OS/c7-6(8,9)14-4-3-11-1-2-12-5(10)13/h11H,1-4H2,(H3,10,12,13). The summed E-state index contributed by atoms with van der Waals surface area (Å²) in [6.07, 6.45) is 0. The first-order valence-electron chi connectivity index (χ1n) is 3.86. The molecule has 4 nitrogen and oxygen atoms in total. The maximum atomic E-state index is 11.6. The van der Waals surface area contributed by atoms with Crippen molar-refractivity contribution in [3.05, 3.63) is 0 Å². The van der Waals surface area contributed by atoms with Crippen LogP contribution in [0.2, 0.25) is 0 Å². The molecule has 8 heteroatoms. The van der Waals surface area contributed by atoms with Crippen molar-refractivity contribution in [2.24, 2.45) is 5.73 Å². The van der Waals surface area contributed by atoms with Gasteiger partial charge in [0, 0.05) is 25.4 Å². The molecule has 0 aliphatic rings. The molecule has 0 aromatic carbocycles. The van der Waals surface area contributed by atoms with E-state index < -0.39 is 11.5 Å². The molecule has 2 amide bonds. The number of halogens is 3. The van der Waals surface area contributed by atoms with E-state index in [9.17, 15) is 18.0 Å². The van der Waals surface area contributed by atoms with Gasteiger partial charge in [0.1, 0.15) is 0 Å². The molecule has 0 spiro atoms. The van der Waals surface area contributed by atoms with Crippen LogP contribution in [0.25, 0.3) is 0 Å². The highest BCUT2D eigenvalue weighted by Gasteiger charge is 2.27. The summed E-state index contributed by atoms with van der Waals surface area (Å²) in [5.74, 6) is -0.0416. The number of amides is 2. The van der Waals surface area contributed by atoms with Gasteiger partial charge in [0.15, 0.2) is 0 Å². The van der Waals surface area contributed by atoms with Gasteiger partial charge in [-0.15, -0.1) is 0 Å². The van der Waals surface area contributed by atoms with Gasteiger partial charge in [-0.1, -0.05) is 0 Å². The molecule has 0 aromatic rings.